The molecule has 2 unspecified atom stereocenters. The first kappa shape index (κ1) is 13.6. The topological polar surface area (TPSA) is 29.3 Å². The Morgan fingerprint density at radius 3 is 2.95 bits per heavy atom. The molecule has 0 aliphatic carbocycles. The van der Waals surface area contributed by atoms with Crippen molar-refractivity contribution in [3.05, 3.63) is 51.5 Å². The van der Waals surface area contributed by atoms with Gasteiger partial charge in [-0.25, -0.2) is 4.39 Å². The van der Waals surface area contributed by atoms with Gasteiger partial charge in [-0.3, -0.25) is 0 Å². The van der Waals surface area contributed by atoms with Gasteiger partial charge in [-0.1, -0.05) is 0 Å². The van der Waals surface area contributed by atoms with E-state index in [1.54, 1.807) is 6.07 Å². The number of hydrogen-bond acceptors (Lipinski definition) is 3. The molecule has 0 bridgehead atoms. The van der Waals surface area contributed by atoms with Crippen molar-refractivity contribution < 1.29 is 4.39 Å². The smallest absolute Gasteiger partial charge is 0.123 e. The molecule has 0 fully saturated rings. The van der Waals surface area contributed by atoms with E-state index in [0.717, 1.165) is 24.2 Å². The third-order valence-corrected chi connectivity index (χ3v) is 5.06. The van der Waals surface area contributed by atoms with E-state index in [-0.39, 0.29) is 11.9 Å². The third kappa shape index (κ3) is 2.23. The van der Waals surface area contributed by atoms with Crippen LogP contribution in [0.5, 0.6) is 0 Å². The monoisotopic (exact) mass is 290 g/mol. The standard InChI is InChI=1S/C16H19FN2S/c1-10(18)14-9-12(17)3-4-15(14)19-7-5-16-13(11(19)2)6-8-20-16/h3-4,6,8-11H,5,7,18H2,1-2H3. The number of nitrogens with zero attached hydrogens (tertiary/aromatic N) is 1. The van der Waals surface area contributed by atoms with E-state index in [1.165, 1.54) is 16.5 Å². The molecule has 1 aliphatic rings. The van der Waals surface area contributed by atoms with Crippen LogP contribution in [0.3, 0.4) is 0 Å². The van der Waals surface area contributed by atoms with Gasteiger partial charge in [0, 0.05) is 23.2 Å². The highest BCUT2D eigenvalue weighted by molar-refractivity contribution is 7.10. The number of anilines is 1. The Labute approximate surface area is 123 Å². The van der Waals surface area contributed by atoms with Crippen molar-refractivity contribution in [3.8, 4) is 0 Å². The number of benzene rings is 1. The molecule has 4 heteroatoms. The lowest BCUT2D eigenvalue weighted by atomic mass is 9.97. The summed E-state index contributed by atoms with van der Waals surface area (Å²) in [5, 5.41) is 2.15. The SMILES string of the molecule is CC(N)c1cc(F)ccc1N1CCc2sccc2C1C. The summed E-state index contributed by atoms with van der Waals surface area (Å²) < 4.78 is 13.5. The summed E-state index contributed by atoms with van der Waals surface area (Å²) in [7, 11) is 0. The van der Waals surface area contributed by atoms with Gasteiger partial charge in [0.1, 0.15) is 5.82 Å². The second-order valence-corrected chi connectivity index (χ2v) is 6.41. The number of halogens is 1. The molecule has 0 amide bonds. The molecule has 1 aromatic carbocycles. The molecule has 106 valence electrons. The highest BCUT2D eigenvalue weighted by atomic mass is 32.1. The van der Waals surface area contributed by atoms with Crippen LogP contribution >= 0.6 is 11.3 Å². The zero-order chi connectivity index (χ0) is 14.3. The zero-order valence-corrected chi connectivity index (χ0v) is 12.6. The van der Waals surface area contributed by atoms with Crippen LogP contribution in [0.25, 0.3) is 0 Å². The van der Waals surface area contributed by atoms with Crippen LogP contribution in [0.4, 0.5) is 10.1 Å². The van der Waals surface area contributed by atoms with Crippen molar-refractivity contribution in [2.24, 2.45) is 5.73 Å². The van der Waals surface area contributed by atoms with E-state index in [2.05, 4.69) is 23.3 Å². The summed E-state index contributed by atoms with van der Waals surface area (Å²) in [5.41, 5.74) is 9.35. The fourth-order valence-corrected chi connectivity index (χ4v) is 3.95. The number of nitrogens with two attached hydrogens (primary N) is 1. The maximum absolute atomic E-state index is 13.5. The average Bonchev–Trinajstić information content (AvgIpc) is 2.89. The number of thiophene rings is 1. The fourth-order valence-electron chi connectivity index (χ4n) is 2.99. The molecule has 0 saturated heterocycles. The first-order chi connectivity index (χ1) is 9.58. The maximum Gasteiger partial charge on any atom is 0.123 e. The molecule has 0 saturated carbocycles. The minimum absolute atomic E-state index is 0.170. The van der Waals surface area contributed by atoms with Gasteiger partial charge in [0.05, 0.1) is 6.04 Å². The lowest BCUT2D eigenvalue weighted by Crippen LogP contribution is -2.34. The fraction of sp³-hybridized carbons (Fsp3) is 0.375. The minimum Gasteiger partial charge on any atom is -0.364 e. The summed E-state index contributed by atoms with van der Waals surface area (Å²) in [4.78, 5) is 3.81. The van der Waals surface area contributed by atoms with Crippen molar-refractivity contribution in [2.45, 2.75) is 32.4 Å². The first-order valence-corrected chi connectivity index (χ1v) is 7.84. The molecule has 2 aromatic rings. The quantitative estimate of drug-likeness (QED) is 0.904. The second-order valence-electron chi connectivity index (χ2n) is 5.41. The Morgan fingerprint density at radius 1 is 1.40 bits per heavy atom. The Hall–Kier alpha value is -1.39. The predicted molar refractivity (Wildman–Crippen MR) is 82.8 cm³/mol. The van der Waals surface area contributed by atoms with Crippen LogP contribution in [0.15, 0.2) is 29.6 Å². The van der Waals surface area contributed by atoms with Gasteiger partial charge in [-0.15, -0.1) is 11.3 Å². The second kappa shape index (κ2) is 5.19. The third-order valence-electron chi connectivity index (χ3n) is 4.07. The summed E-state index contributed by atoms with van der Waals surface area (Å²) in [6, 6.07) is 7.30. The molecule has 2 atom stereocenters. The molecule has 20 heavy (non-hydrogen) atoms. The Bertz CT molecular complexity index is 621. The highest BCUT2D eigenvalue weighted by Crippen LogP contribution is 2.38. The van der Waals surface area contributed by atoms with Crippen molar-refractivity contribution in [2.75, 3.05) is 11.4 Å². The summed E-state index contributed by atoms with van der Waals surface area (Å²) >= 11 is 1.83. The zero-order valence-electron chi connectivity index (χ0n) is 11.8. The lowest BCUT2D eigenvalue weighted by molar-refractivity contribution is 0.608. The molecule has 2 N–H and O–H groups in total. The van der Waals surface area contributed by atoms with E-state index in [1.807, 2.05) is 24.3 Å². The molecular formula is C16H19FN2S. The minimum atomic E-state index is -0.220. The van der Waals surface area contributed by atoms with E-state index < -0.39 is 0 Å². The van der Waals surface area contributed by atoms with Crippen molar-refractivity contribution >= 4 is 17.0 Å². The van der Waals surface area contributed by atoms with Crippen LogP contribution in [-0.4, -0.2) is 6.54 Å². The van der Waals surface area contributed by atoms with Crippen molar-refractivity contribution in [1.82, 2.24) is 0 Å². The Morgan fingerprint density at radius 2 is 2.20 bits per heavy atom. The van der Waals surface area contributed by atoms with E-state index in [9.17, 15) is 4.39 Å². The summed E-state index contributed by atoms with van der Waals surface area (Å²) in [6.07, 6.45) is 1.05. The molecule has 0 spiro atoms. The largest absolute Gasteiger partial charge is 0.364 e. The van der Waals surface area contributed by atoms with Gasteiger partial charge in [0.25, 0.3) is 0 Å². The lowest BCUT2D eigenvalue weighted by Gasteiger charge is -2.37. The van der Waals surface area contributed by atoms with Gasteiger partial charge >= 0.3 is 0 Å². The molecular weight excluding hydrogens is 271 g/mol. The number of hydrogen-bond donors (Lipinski definition) is 1. The van der Waals surface area contributed by atoms with E-state index in [0.29, 0.717) is 6.04 Å². The summed E-state index contributed by atoms with van der Waals surface area (Å²) in [6.45, 7) is 5.07. The molecule has 1 aliphatic heterocycles. The van der Waals surface area contributed by atoms with Gasteiger partial charge in [0.2, 0.25) is 0 Å². The van der Waals surface area contributed by atoms with Crippen LogP contribution in [0, 0.1) is 5.82 Å². The van der Waals surface area contributed by atoms with E-state index in [4.69, 9.17) is 5.73 Å². The first-order valence-electron chi connectivity index (χ1n) is 6.96. The number of fused-ring (bicyclic) bond motifs is 1. The number of rotatable bonds is 2. The Balaban J connectivity index is 2.02. The molecule has 0 radical (unpaired) electrons. The van der Waals surface area contributed by atoms with Gasteiger partial charge < -0.3 is 10.6 Å². The highest BCUT2D eigenvalue weighted by Gasteiger charge is 2.26. The molecule has 3 rings (SSSR count). The molecule has 1 aromatic heterocycles. The van der Waals surface area contributed by atoms with E-state index >= 15 is 0 Å². The summed E-state index contributed by atoms with van der Waals surface area (Å²) in [5.74, 6) is -0.220. The maximum atomic E-state index is 13.5. The van der Waals surface area contributed by atoms with Crippen LogP contribution in [-0.2, 0) is 6.42 Å². The average molecular weight is 290 g/mol. The van der Waals surface area contributed by atoms with Crippen LogP contribution < -0.4 is 10.6 Å². The normalized spacial score (nSPS) is 19.8. The van der Waals surface area contributed by atoms with Gasteiger partial charge in [0.15, 0.2) is 0 Å². The predicted octanol–water partition coefficient (Wildman–Crippen LogP) is 4.03. The molecule has 2 nitrogen and oxygen atoms in total. The van der Waals surface area contributed by atoms with Crippen molar-refractivity contribution in [3.63, 3.8) is 0 Å². The van der Waals surface area contributed by atoms with Gasteiger partial charge in [-0.2, -0.15) is 0 Å². The van der Waals surface area contributed by atoms with Crippen LogP contribution in [0.2, 0.25) is 0 Å². The molecule has 2 heterocycles. The van der Waals surface area contributed by atoms with Crippen molar-refractivity contribution in [1.29, 1.82) is 0 Å². The van der Waals surface area contributed by atoms with Crippen LogP contribution in [0.1, 0.15) is 41.9 Å². The Kier molecular flexibility index (Phi) is 3.52. The van der Waals surface area contributed by atoms with Gasteiger partial charge in [-0.05, 0) is 61.0 Å².